The van der Waals surface area contributed by atoms with Crippen LogP contribution in [0.25, 0.3) is 0 Å². The number of aryl methyl sites for hydroxylation is 1. The van der Waals surface area contributed by atoms with Crippen molar-refractivity contribution < 1.29 is 5.11 Å². The van der Waals surface area contributed by atoms with Gasteiger partial charge >= 0.3 is 0 Å². The first-order valence-electron chi connectivity index (χ1n) is 7.66. The molecule has 4 fully saturated rings. The van der Waals surface area contributed by atoms with Gasteiger partial charge in [-0.15, -0.1) is 5.10 Å². The fraction of sp³-hybridized carbons (Fsp3) is 0.867. The van der Waals surface area contributed by atoms with Gasteiger partial charge in [-0.1, -0.05) is 5.21 Å². The van der Waals surface area contributed by atoms with Crippen LogP contribution in [-0.4, -0.2) is 26.2 Å². The molecular formula is C15H23N3O. The lowest BCUT2D eigenvalue weighted by Crippen LogP contribution is -2.52. The van der Waals surface area contributed by atoms with Gasteiger partial charge in [0.1, 0.15) is 0 Å². The second-order valence-electron chi connectivity index (χ2n) is 7.38. The Morgan fingerprint density at radius 1 is 1.26 bits per heavy atom. The van der Waals surface area contributed by atoms with E-state index in [4.69, 9.17) is 0 Å². The predicted octanol–water partition coefficient (Wildman–Crippen LogP) is 1.93. The van der Waals surface area contributed by atoms with Gasteiger partial charge in [-0.25, -0.2) is 0 Å². The largest absolute Gasteiger partial charge is 0.392 e. The van der Waals surface area contributed by atoms with Gasteiger partial charge in [0.25, 0.3) is 0 Å². The molecule has 0 radical (unpaired) electrons. The van der Waals surface area contributed by atoms with Crippen LogP contribution in [-0.2, 0) is 13.5 Å². The Morgan fingerprint density at radius 3 is 2.32 bits per heavy atom. The fourth-order valence-electron chi connectivity index (χ4n) is 5.49. The van der Waals surface area contributed by atoms with Crippen molar-refractivity contribution in [3.05, 3.63) is 11.9 Å². The van der Waals surface area contributed by atoms with Crippen molar-refractivity contribution in [2.45, 2.75) is 51.0 Å². The van der Waals surface area contributed by atoms with E-state index >= 15 is 0 Å². The topological polar surface area (TPSA) is 50.9 Å². The van der Waals surface area contributed by atoms with E-state index in [1.54, 1.807) is 4.68 Å². The van der Waals surface area contributed by atoms with Gasteiger partial charge < -0.3 is 5.11 Å². The van der Waals surface area contributed by atoms with Crippen molar-refractivity contribution in [2.75, 3.05) is 0 Å². The molecule has 1 unspecified atom stereocenters. The highest BCUT2D eigenvalue weighted by Crippen LogP contribution is 2.61. The first-order chi connectivity index (χ1) is 9.13. The van der Waals surface area contributed by atoms with Crippen LogP contribution in [0.2, 0.25) is 0 Å². The van der Waals surface area contributed by atoms with E-state index in [-0.39, 0.29) is 11.5 Å². The quantitative estimate of drug-likeness (QED) is 0.904. The molecular weight excluding hydrogens is 238 g/mol. The van der Waals surface area contributed by atoms with Crippen molar-refractivity contribution in [2.24, 2.45) is 30.2 Å². The number of aliphatic hydroxyl groups excluding tert-OH is 1. The minimum atomic E-state index is -0.224. The zero-order chi connectivity index (χ0) is 13.0. The zero-order valence-electron chi connectivity index (χ0n) is 11.6. The number of hydrogen-bond acceptors (Lipinski definition) is 3. The maximum absolute atomic E-state index is 10.8. The number of rotatable bonds is 3. The highest BCUT2D eigenvalue weighted by Gasteiger charge is 2.53. The molecule has 4 saturated carbocycles. The van der Waals surface area contributed by atoms with Crippen molar-refractivity contribution in [3.63, 3.8) is 0 Å². The molecule has 0 saturated heterocycles. The molecule has 1 heterocycles. The minimum Gasteiger partial charge on any atom is -0.392 e. The lowest BCUT2D eigenvalue weighted by atomic mass is 9.48. The van der Waals surface area contributed by atoms with Crippen molar-refractivity contribution in [1.29, 1.82) is 0 Å². The normalized spacial score (nSPS) is 41.7. The minimum absolute atomic E-state index is 0.201. The van der Waals surface area contributed by atoms with Crippen molar-refractivity contribution in [3.8, 4) is 0 Å². The molecule has 4 bridgehead atoms. The summed E-state index contributed by atoms with van der Waals surface area (Å²) >= 11 is 0. The molecule has 5 rings (SSSR count). The Bertz CT molecular complexity index is 446. The molecule has 4 aliphatic carbocycles. The van der Waals surface area contributed by atoms with Gasteiger partial charge in [-0.2, -0.15) is 0 Å². The lowest BCUT2D eigenvalue weighted by molar-refractivity contribution is -0.119. The summed E-state index contributed by atoms with van der Waals surface area (Å²) in [6.45, 7) is 0. The Morgan fingerprint density at radius 2 is 1.84 bits per heavy atom. The molecule has 0 aliphatic heterocycles. The van der Waals surface area contributed by atoms with Crippen LogP contribution in [0.4, 0.5) is 0 Å². The van der Waals surface area contributed by atoms with Crippen LogP contribution in [0.15, 0.2) is 6.20 Å². The lowest BCUT2D eigenvalue weighted by Gasteiger charge is -2.58. The van der Waals surface area contributed by atoms with Gasteiger partial charge in [-0.3, -0.25) is 4.68 Å². The van der Waals surface area contributed by atoms with Gasteiger partial charge in [0, 0.05) is 19.7 Å². The average molecular weight is 261 g/mol. The SMILES string of the molecule is Cn1cc(CC(O)C23CC4CC(CC(C4)C2)C3)nn1. The third kappa shape index (κ3) is 1.92. The fourth-order valence-corrected chi connectivity index (χ4v) is 5.49. The first kappa shape index (κ1) is 11.9. The Labute approximate surface area is 114 Å². The van der Waals surface area contributed by atoms with Crippen molar-refractivity contribution in [1.82, 2.24) is 15.0 Å². The van der Waals surface area contributed by atoms with E-state index in [2.05, 4.69) is 10.3 Å². The molecule has 0 amide bonds. The number of aromatic nitrogens is 3. The monoisotopic (exact) mass is 261 g/mol. The third-order valence-electron chi connectivity index (χ3n) is 5.85. The molecule has 4 heteroatoms. The molecule has 4 nitrogen and oxygen atoms in total. The van der Waals surface area contributed by atoms with Gasteiger partial charge in [0.05, 0.1) is 11.8 Å². The molecule has 1 aromatic rings. The molecule has 1 N–H and O–H groups in total. The Hall–Kier alpha value is -0.900. The van der Waals surface area contributed by atoms with Crippen molar-refractivity contribution >= 4 is 0 Å². The molecule has 4 aliphatic rings. The van der Waals surface area contributed by atoms with Crippen LogP contribution in [0, 0.1) is 23.2 Å². The summed E-state index contributed by atoms with van der Waals surface area (Å²) in [6, 6.07) is 0. The molecule has 1 aromatic heterocycles. The van der Waals surface area contributed by atoms with Gasteiger partial charge in [0.2, 0.25) is 0 Å². The Balaban J connectivity index is 1.54. The second kappa shape index (κ2) is 4.05. The number of nitrogens with zero attached hydrogens (tertiary/aromatic N) is 3. The Kier molecular flexibility index (Phi) is 2.53. The summed E-state index contributed by atoms with van der Waals surface area (Å²) in [5.41, 5.74) is 1.14. The number of hydrogen-bond donors (Lipinski definition) is 1. The van der Waals surface area contributed by atoms with E-state index < -0.39 is 0 Å². The molecule has 0 aromatic carbocycles. The van der Waals surface area contributed by atoms with Crippen LogP contribution in [0.5, 0.6) is 0 Å². The van der Waals surface area contributed by atoms with E-state index in [0.717, 1.165) is 23.4 Å². The highest BCUT2D eigenvalue weighted by atomic mass is 16.3. The standard InChI is InChI=1S/C15H23N3O/c1-18-9-13(16-17-18)5-14(19)15-6-10-2-11(7-15)4-12(3-10)8-15/h9-12,14,19H,2-8H2,1H3. The summed E-state index contributed by atoms with van der Waals surface area (Å²) in [7, 11) is 1.88. The number of aliphatic hydroxyl groups is 1. The molecule has 104 valence electrons. The average Bonchev–Trinajstić information content (AvgIpc) is 2.73. The second-order valence-corrected chi connectivity index (χ2v) is 7.38. The zero-order valence-corrected chi connectivity index (χ0v) is 11.6. The molecule has 1 atom stereocenters. The van der Waals surface area contributed by atoms with E-state index in [0.29, 0.717) is 6.42 Å². The van der Waals surface area contributed by atoms with Crippen LogP contribution >= 0.6 is 0 Å². The van der Waals surface area contributed by atoms with Gasteiger partial charge in [0.15, 0.2) is 0 Å². The summed E-state index contributed by atoms with van der Waals surface area (Å²) < 4.78 is 1.72. The molecule has 0 spiro atoms. The van der Waals surface area contributed by atoms with Gasteiger partial charge in [-0.05, 0) is 61.7 Å². The van der Waals surface area contributed by atoms with E-state index in [1.165, 1.54) is 38.5 Å². The molecule has 19 heavy (non-hydrogen) atoms. The van der Waals surface area contributed by atoms with E-state index in [9.17, 15) is 5.11 Å². The summed E-state index contributed by atoms with van der Waals surface area (Å²) in [4.78, 5) is 0. The first-order valence-corrected chi connectivity index (χ1v) is 7.66. The third-order valence-corrected chi connectivity index (χ3v) is 5.85. The highest BCUT2D eigenvalue weighted by molar-refractivity contribution is 5.07. The summed E-state index contributed by atoms with van der Waals surface area (Å²) in [5.74, 6) is 2.67. The summed E-state index contributed by atoms with van der Waals surface area (Å²) in [5, 5.41) is 18.9. The smallest absolute Gasteiger partial charge is 0.0852 e. The maximum atomic E-state index is 10.8. The van der Waals surface area contributed by atoms with Crippen LogP contribution in [0.1, 0.15) is 44.2 Å². The summed E-state index contributed by atoms with van der Waals surface area (Å²) in [6.07, 6.45) is 10.4. The van der Waals surface area contributed by atoms with Crippen LogP contribution in [0.3, 0.4) is 0 Å². The van der Waals surface area contributed by atoms with E-state index in [1.807, 2.05) is 13.2 Å². The van der Waals surface area contributed by atoms with Crippen LogP contribution < -0.4 is 0 Å². The predicted molar refractivity (Wildman–Crippen MR) is 71.3 cm³/mol. The maximum Gasteiger partial charge on any atom is 0.0852 e.